The van der Waals surface area contributed by atoms with Gasteiger partial charge in [0.15, 0.2) is 6.04 Å². The van der Waals surface area contributed by atoms with E-state index in [-0.39, 0.29) is 26.6 Å². The van der Waals surface area contributed by atoms with Gasteiger partial charge in [0.05, 0.1) is 40.4 Å². The Bertz CT molecular complexity index is 2100. The lowest BCUT2D eigenvalue weighted by Crippen LogP contribution is -2.52. The third-order valence-corrected chi connectivity index (χ3v) is 12.7. The van der Waals surface area contributed by atoms with Crippen LogP contribution in [0.25, 0.3) is 10.2 Å². The van der Waals surface area contributed by atoms with Crippen LogP contribution in [-0.4, -0.2) is 67.3 Å². The Morgan fingerprint density at radius 3 is 2.07 bits per heavy atom. The second kappa shape index (κ2) is 17.0. The van der Waals surface area contributed by atoms with Crippen molar-refractivity contribution in [1.82, 2.24) is 19.9 Å². The summed E-state index contributed by atoms with van der Waals surface area (Å²) in [5.41, 5.74) is 2.85. The molecule has 0 aliphatic heterocycles. The molecular formula is C38H41F3N4O6S3. The standard InChI is InChI=1S/C38H41F3N4O6S3/c1-37(2,3)19-20-45(54(49,50)26-15-16-29-27(21-26)42-23-52-29)28(22-46)30-17-18-31(53-30)34(38(39,40)41)44-35(47)33(43-36(48)51-4)32(24-11-7-5-8-12-24)25-13-9-6-10-14-25/h5-18,21,23,28,32-34,46H,19-20,22H2,1-4H3,(H,43,48)(H,44,47)/t28-,33+,34-/m1/s1. The van der Waals surface area contributed by atoms with Crippen LogP contribution in [0.3, 0.4) is 0 Å². The number of benzene rings is 3. The molecule has 2 amide bonds. The minimum Gasteiger partial charge on any atom is -0.453 e. The van der Waals surface area contributed by atoms with Gasteiger partial charge in [0.1, 0.15) is 6.04 Å². The Hall–Kier alpha value is -4.35. The molecule has 10 nitrogen and oxygen atoms in total. The number of nitrogens with zero attached hydrogens (tertiary/aromatic N) is 2. The lowest BCUT2D eigenvalue weighted by atomic mass is 9.84. The number of rotatable bonds is 14. The van der Waals surface area contributed by atoms with Crippen molar-refractivity contribution in [1.29, 1.82) is 0 Å². The summed E-state index contributed by atoms with van der Waals surface area (Å²) in [6, 6.07) is 18.8. The van der Waals surface area contributed by atoms with Crippen LogP contribution in [0.1, 0.15) is 66.1 Å². The molecule has 16 heteroatoms. The lowest BCUT2D eigenvalue weighted by Gasteiger charge is -2.32. The highest BCUT2D eigenvalue weighted by Crippen LogP contribution is 2.41. The number of alkyl halides is 3. The number of ether oxygens (including phenoxy) is 1. The quantitative estimate of drug-likeness (QED) is 0.104. The average molecular weight is 803 g/mol. The number of aromatic nitrogens is 1. The summed E-state index contributed by atoms with van der Waals surface area (Å²) >= 11 is 1.97. The van der Waals surface area contributed by atoms with E-state index in [4.69, 9.17) is 4.74 Å². The van der Waals surface area contributed by atoms with E-state index in [9.17, 15) is 36.3 Å². The van der Waals surface area contributed by atoms with E-state index >= 15 is 0 Å². The summed E-state index contributed by atoms with van der Waals surface area (Å²) in [7, 11) is -3.22. The molecule has 3 aromatic carbocycles. The number of hydrogen-bond acceptors (Lipinski definition) is 9. The number of fused-ring (bicyclic) bond motifs is 1. The van der Waals surface area contributed by atoms with E-state index in [0.717, 1.165) is 22.2 Å². The number of thiophene rings is 1. The number of halogens is 3. The van der Waals surface area contributed by atoms with Crippen LogP contribution in [-0.2, 0) is 19.6 Å². The van der Waals surface area contributed by atoms with Crippen molar-refractivity contribution in [2.45, 2.75) is 62.3 Å². The van der Waals surface area contributed by atoms with Crippen LogP contribution < -0.4 is 10.6 Å². The van der Waals surface area contributed by atoms with Crippen LogP contribution in [0.15, 0.2) is 101 Å². The van der Waals surface area contributed by atoms with Gasteiger partial charge in [0.25, 0.3) is 0 Å². The second-order valence-corrected chi connectivity index (χ2v) is 17.7. The van der Waals surface area contributed by atoms with E-state index < -0.39 is 58.9 Å². The van der Waals surface area contributed by atoms with Gasteiger partial charge >= 0.3 is 12.3 Å². The SMILES string of the molecule is COC(=O)N[C@H](C(=O)N[C@H](c1ccc([C@@H](CO)N(CCC(C)(C)C)S(=O)(=O)c2ccc3scnc3c2)s1)C(F)(F)F)C(c1ccccc1)c1ccccc1. The van der Waals surface area contributed by atoms with Crippen molar-refractivity contribution in [3.63, 3.8) is 0 Å². The number of carbonyl (C=O) groups excluding carboxylic acids is 2. The molecule has 5 aromatic rings. The van der Waals surface area contributed by atoms with Gasteiger partial charge in [-0.1, -0.05) is 81.4 Å². The maximum atomic E-state index is 14.9. The number of aliphatic hydroxyl groups is 1. The Kier molecular flexibility index (Phi) is 12.8. The molecule has 0 saturated carbocycles. The number of aliphatic hydroxyl groups excluding tert-OH is 1. The van der Waals surface area contributed by atoms with Crippen molar-refractivity contribution in [3.8, 4) is 0 Å². The topological polar surface area (TPSA) is 138 Å². The molecule has 0 spiro atoms. The van der Waals surface area contributed by atoms with Gasteiger partial charge in [0, 0.05) is 22.2 Å². The molecule has 2 aromatic heterocycles. The predicted octanol–water partition coefficient (Wildman–Crippen LogP) is 7.79. The van der Waals surface area contributed by atoms with Crippen molar-refractivity contribution in [3.05, 3.63) is 117 Å². The smallest absolute Gasteiger partial charge is 0.413 e. The maximum absolute atomic E-state index is 14.9. The highest BCUT2D eigenvalue weighted by Gasteiger charge is 2.46. The summed E-state index contributed by atoms with van der Waals surface area (Å²) in [6.07, 6.45) is -5.66. The summed E-state index contributed by atoms with van der Waals surface area (Å²) in [4.78, 5) is 30.5. The number of alkyl carbamates (subject to hydrolysis) is 1. The van der Waals surface area contributed by atoms with Crippen LogP contribution in [0.5, 0.6) is 0 Å². The van der Waals surface area contributed by atoms with Gasteiger partial charge in [-0.15, -0.1) is 22.7 Å². The van der Waals surface area contributed by atoms with Gasteiger partial charge in [0.2, 0.25) is 15.9 Å². The second-order valence-electron chi connectivity index (χ2n) is 13.7. The molecule has 0 radical (unpaired) electrons. The number of carbonyl (C=O) groups is 2. The number of sulfonamides is 1. The summed E-state index contributed by atoms with van der Waals surface area (Å²) < 4.78 is 79.9. The first-order valence-electron chi connectivity index (χ1n) is 16.9. The van der Waals surface area contributed by atoms with E-state index in [1.165, 1.54) is 29.5 Å². The minimum absolute atomic E-state index is 0.0416. The van der Waals surface area contributed by atoms with Crippen molar-refractivity contribution < 1.29 is 41.0 Å². The van der Waals surface area contributed by atoms with Gasteiger partial charge in [-0.2, -0.15) is 17.5 Å². The number of thiazole rings is 1. The molecule has 0 saturated heterocycles. The highest BCUT2D eigenvalue weighted by atomic mass is 32.2. The zero-order chi connectivity index (χ0) is 39.3. The summed E-state index contributed by atoms with van der Waals surface area (Å²) in [6.45, 7) is 5.01. The Labute approximate surface area is 320 Å². The minimum atomic E-state index is -5.02. The first-order valence-corrected chi connectivity index (χ1v) is 20.0. The Morgan fingerprint density at radius 2 is 1.52 bits per heavy atom. The van der Waals surface area contributed by atoms with Gasteiger partial charge in [-0.3, -0.25) is 4.79 Å². The zero-order valence-corrected chi connectivity index (χ0v) is 32.4. The summed E-state index contributed by atoms with van der Waals surface area (Å²) in [5, 5.41) is 15.2. The molecule has 54 heavy (non-hydrogen) atoms. The molecule has 0 aliphatic carbocycles. The first-order chi connectivity index (χ1) is 25.5. The van der Waals surface area contributed by atoms with Gasteiger partial charge < -0.3 is 20.5 Å². The molecule has 3 atom stereocenters. The summed E-state index contributed by atoms with van der Waals surface area (Å²) in [5.74, 6) is -2.05. The van der Waals surface area contributed by atoms with Crippen LogP contribution in [0.2, 0.25) is 0 Å². The van der Waals surface area contributed by atoms with Crippen LogP contribution >= 0.6 is 22.7 Å². The lowest BCUT2D eigenvalue weighted by molar-refractivity contribution is -0.163. The predicted molar refractivity (Wildman–Crippen MR) is 203 cm³/mol. The highest BCUT2D eigenvalue weighted by molar-refractivity contribution is 7.89. The number of amides is 2. The first kappa shape index (κ1) is 40.8. The van der Waals surface area contributed by atoms with Crippen molar-refractivity contribution >= 4 is 54.9 Å². The third kappa shape index (κ3) is 9.65. The maximum Gasteiger partial charge on any atom is 0.413 e. The number of methoxy groups -OCH3 is 1. The third-order valence-electron chi connectivity index (χ3n) is 8.78. The molecule has 2 heterocycles. The fourth-order valence-corrected chi connectivity index (χ4v) is 9.52. The molecule has 288 valence electrons. The number of hydrogen-bond donors (Lipinski definition) is 3. The van der Waals surface area contributed by atoms with E-state index in [0.29, 0.717) is 34.4 Å². The monoisotopic (exact) mass is 802 g/mol. The normalized spacial score (nSPS) is 14.2. The van der Waals surface area contributed by atoms with E-state index in [1.807, 2.05) is 20.8 Å². The van der Waals surface area contributed by atoms with E-state index in [2.05, 4.69) is 15.6 Å². The Balaban J connectivity index is 1.52. The molecule has 3 N–H and O–H groups in total. The fourth-order valence-electron chi connectivity index (χ4n) is 5.98. The Morgan fingerprint density at radius 1 is 0.907 bits per heavy atom. The van der Waals surface area contributed by atoms with E-state index in [1.54, 1.807) is 72.2 Å². The molecule has 0 bridgehead atoms. The van der Waals surface area contributed by atoms with Crippen LogP contribution in [0.4, 0.5) is 18.0 Å². The molecule has 0 fully saturated rings. The van der Waals surface area contributed by atoms with Crippen molar-refractivity contribution in [2.75, 3.05) is 20.3 Å². The fraction of sp³-hybridized carbons (Fsp3) is 0.342. The van der Waals surface area contributed by atoms with Gasteiger partial charge in [-0.05, 0) is 53.3 Å². The average Bonchev–Trinajstić information content (AvgIpc) is 3.81. The largest absolute Gasteiger partial charge is 0.453 e. The molecule has 5 rings (SSSR count). The molecular weight excluding hydrogens is 762 g/mol. The van der Waals surface area contributed by atoms with Crippen LogP contribution in [0, 0.1) is 5.41 Å². The van der Waals surface area contributed by atoms with Gasteiger partial charge in [-0.25, -0.2) is 18.2 Å². The molecule has 0 aliphatic rings. The zero-order valence-electron chi connectivity index (χ0n) is 29.9. The number of nitrogens with one attached hydrogen (secondary N) is 2. The molecule has 0 unspecified atom stereocenters. The van der Waals surface area contributed by atoms with Crippen molar-refractivity contribution in [2.24, 2.45) is 5.41 Å².